The number of rotatable bonds is 9. The van der Waals surface area contributed by atoms with Gasteiger partial charge in [0.1, 0.15) is 17.2 Å². The maximum Gasteiger partial charge on any atom is 0.573 e. The molecule has 0 radical (unpaired) electrons. The normalized spacial score (nSPS) is 18.6. The first-order valence-electron chi connectivity index (χ1n) is 10.0. The van der Waals surface area contributed by atoms with Crippen molar-refractivity contribution in [1.82, 2.24) is 9.79 Å². The smallest absolute Gasteiger partial charge is 0.457 e. The maximum absolute atomic E-state index is 12.9. The van der Waals surface area contributed by atoms with Gasteiger partial charge in [-0.1, -0.05) is 0 Å². The van der Waals surface area contributed by atoms with E-state index in [0.29, 0.717) is 12.8 Å². The maximum atomic E-state index is 12.9. The molecular weight excluding hydrogens is 501 g/mol. The van der Waals surface area contributed by atoms with Crippen LogP contribution in [0.2, 0.25) is 0 Å². The van der Waals surface area contributed by atoms with E-state index in [4.69, 9.17) is 4.74 Å². The summed E-state index contributed by atoms with van der Waals surface area (Å²) in [4.78, 5) is -0.0714. The fourth-order valence-electron chi connectivity index (χ4n) is 3.71. The molecule has 2 N–H and O–H groups in total. The summed E-state index contributed by atoms with van der Waals surface area (Å²) in [6.07, 6.45) is -2.83. The van der Waals surface area contributed by atoms with Gasteiger partial charge in [0, 0.05) is 12.6 Å². The molecule has 2 aromatic carbocycles. The second kappa shape index (κ2) is 10.1. The van der Waals surface area contributed by atoms with Crippen molar-refractivity contribution in [2.45, 2.75) is 36.2 Å². The summed E-state index contributed by atoms with van der Waals surface area (Å²) in [5, 5.41) is 9.54. The number of alkyl halides is 3. The van der Waals surface area contributed by atoms with Gasteiger partial charge in [-0.25, -0.2) is 16.8 Å². The number of halogens is 3. The predicted molar refractivity (Wildman–Crippen MR) is 115 cm³/mol. The monoisotopic (exact) mass is 524 g/mol. The topological polar surface area (TPSA) is 122 Å². The van der Waals surface area contributed by atoms with E-state index >= 15 is 0 Å². The molecule has 0 aromatic heterocycles. The lowest BCUT2D eigenvalue weighted by Gasteiger charge is -2.28. The largest absolute Gasteiger partial charge is 0.573 e. The Bertz CT molecular complexity index is 1190. The van der Waals surface area contributed by atoms with Crippen LogP contribution in [0.15, 0.2) is 53.4 Å². The van der Waals surface area contributed by atoms with E-state index in [2.05, 4.69) is 4.74 Å². The summed E-state index contributed by atoms with van der Waals surface area (Å²) in [6.45, 7) is 0.247. The molecule has 9 nitrogen and oxygen atoms in total. The van der Waals surface area contributed by atoms with Gasteiger partial charge >= 0.3 is 6.36 Å². The minimum Gasteiger partial charge on any atom is -0.457 e. The molecule has 0 saturated carbocycles. The zero-order chi connectivity index (χ0) is 25.1. The molecule has 0 aliphatic carbocycles. The minimum atomic E-state index is -4.81. The lowest BCUT2D eigenvalue weighted by Crippen LogP contribution is -2.51. The van der Waals surface area contributed by atoms with Gasteiger partial charge in [0.05, 0.1) is 22.9 Å². The van der Waals surface area contributed by atoms with E-state index in [1.165, 1.54) is 40.7 Å². The summed E-state index contributed by atoms with van der Waals surface area (Å²) in [5.41, 5.74) is 1.94. The van der Waals surface area contributed by atoms with E-state index < -0.39 is 49.8 Å². The Balaban J connectivity index is 1.68. The molecule has 1 heterocycles. The molecule has 34 heavy (non-hydrogen) atoms. The third-order valence-corrected chi connectivity index (χ3v) is 8.27. The highest BCUT2D eigenvalue weighted by molar-refractivity contribution is 7.91. The van der Waals surface area contributed by atoms with Crippen molar-refractivity contribution in [3.8, 4) is 17.2 Å². The second-order valence-corrected chi connectivity index (χ2v) is 11.7. The molecule has 3 rings (SSSR count). The van der Waals surface area contributed by atoms with E-state index in [-0.39, 0.29) is 22.9 Å². The molecule has 188 valence electrons. The lowest BCUT2D eigenvalue weighted by atomic mass is 10.1. The highest BCUT2D eigenvalue weighted by atomic mass is 32.2. The average Bonchev–Trinajstić information content (AvgIpc) is 3.23. The zero-order valence-corrected chi connectivity index (χ0v) is 19.5. The Morgan fingerprint density at radius 1 is 1.03 bits per heavy atom. The molecule has 1 aliphatic heterocycles. The molecule has 1 saturated heterocycles. The summed E-state index contributed by atoms with van der Waals surface area (Å²) in [7, 11) is -7.48. The first-order valence-corrected chi connectivity index (χ1v) is 13.5. The average molecular weight is 525 g/mol. The Morgan fingerprint density at radius 2 is 1.56 bits per heavy atom. The SMILES string of the molecule is CS(=O)(=O)N1CCC[C@H]1C(CS(=O)(=O)c1ccc(Oc2ccc(OC(F)(F)F)cc2)cc1)NO. The Morgan fingerprint density at radius 3 is 2.06 bits per heavy atom. The van der Waals surface area contributed by atoms with Crippen LogP contribution in [0.4, 0.5) is 13.2 Å². The van der Waals surface area contributed by atoms with Gasteiger partial charge in [-0.15, -0.1) is 13.2 Å². The Kier molecular flexibility index (Phi) is 7.77. The van der Waals surface area contributed by atoms with Crippen LogP contribution >= 0.6 is 0 Å². The minimum absolute atomic E-state index is 0.0714. The van der Waals surface area contributed by atoms with Crippen molar-refractivity contribution in [3.63, 3.8) is 0 Å². The summed E-state index contributed by atoms with van der Waals surface area (Å²) >= 11 is 0. The van der Waals surface area contributed by atoms with E-state index in [1.54, 1.807) is 0 Å². The number of hydroxylamine groups is 1. The number of ether oxygens (including phenoxy) is 2. The van der Waals surface area contributed by atoms with Crippen molar-refractivity contribution in [2.24, 2.45) is 0 Å². The van der Waals surface area contributed by atoms with Crippen LogP contribution in [0.5, 0.6) is 17.2 Å². The number of sulfone groups is 1. The number of benzene rings is 2. The number of sulfonamides is 1. The van der Waals surface area contributed by atoms with Crippen LogP contribution in [0, 0.1) is 0 Å². The fourth-order valence-corrected chi connectivity index (χ4v) is 6.42. The van der Waals surface area contributed by atoms with Crippen molar-refractivity contribution < 1.29 is 44.7 Å². The molecule has 0 bridgehead atoms. The molecule has 1 fully saturated rings. The standard InChI is InChI=1S/C20H23F3N2O7S2/c1-33(27,28)25-12-2-3-19(25)18(24-26)13-34(29,30)17-10-8-15(9-11-17)31-14-4-6-16(7-5-14)32-20(21,22)23/h4-11,18-19,24,26H,2-3,12-13H2,1H3/t18?,19-/m0/s1. The number of nitrogens with zero attached hydrogens (tertiary/aromatic N) is 1. The van der Waals surface area contributed by atoms with Crippen LogP contribution in [0.25, 0.3) is 0 Å². The molecule has 2 atom stereocenters. The molecule has 1 unspecified atom stereocenters. The van der Waals surface area contributed by atoms with Gasteiger partial charge in [-0.3, -0.25) is 0 Å². The van der Waals surface area contributed by atoms with Crippen LogP contribution < -0.4 is 15.0 Å². The van der Waals surface area contributed by atoms with Crippen LogP contribution in [-0.2, 0) is 19.9 Å². The summed E-state index contributed by atoms with van der Waals surface area (Å²) in [5.74, 6) is -0.512. The Labute approximate surface area is 195 Å². The fraction of sp³-hybridized carbons (Fsp3) is 0.400. The van der Waals surface area contributed by atoms with Gasteiger partial charge in [-0.2, -0.15) is 9.79 Å². The van der Waals surface area contributed by atoms with Gasteiger partial charge < -0.3 is 14.7 Å². The van der Waals surface area contributed by atoms with E-state index in [9.17, 15) is 35.2 Å². The van der Waals surface area contributed by atoms with Crippen LogP contribution in [-0.4, -0.2) is 63.3 Å². The first-order chi connectivity index (χ1) is 15.8. The molecular formula is C20H23F3N2O7S2. The van der Waals surface area contributed by atoms with Gasteiger partial charge in [0.2, 0.25) is 10.0 Å². The van der Waals surface area contributed by atoms with Crippen LogP contribution in [0.1, 0.15) is 12.8 Å². The molecule has 1 aliphatic rings. The van der Waals surface area contributed by atoms with Crippen molar-refractivity contribution in [2.75, 3.05) is 18.6 Å². The Hall–Kier alpha value is -2.39. The number of hydrogen-bond donors (Lipinski definition) is 2. The first kappa shape index (κ1) is 26.2. The van der Waals surface area contributed by atoms with Gasteiger partial charge in [0.25, 0.3) is 0 Å². The summed E-state index contributed by atoms with van der Waals surface area (Å²) < 4.78 is 96.8. The highest BCUT2D eigenvalue weighted by Gasteiger charge is 2.39. The molecule has 0 amide bonds. The second-order valence-electron chi connectivity index (χ2n) is 7.69. The van der Waals surface area contributed by atoms with Gasteiger partial charge in [0.15, 0.2) is 9.84 Å². The van der Waals surface area contributed by atoms with Gasteiger partial charge in [-0.05, 0) is 61.4 Å². The van der Waals surface area contributed by atoms with Crippen molar-refractivity contribution in [1.29, 1.82) is 0 Å². The number of nitrogens with one attached hydrogen (secondary N) is 1. The third kappa shape index (κ3) is 6.82. The number of hydrogen-bond acceptors (Lipinski definition) is 8. The zero-order valence-electron chi connectivity index (χ0n) is 17.9. The molecule has 14 heteroatoms. The van der Waals surface area contributed by atoms with E-state index in [0.717, 1.165) is 18.4 Å². The molecule has 2 aromatic rings. The summed E-state index contributed by atoms with van der Waals surface area (Å²) in [6, 6.07) is 8.24. The van der Waals surface area contributed by atoms with Crippen molar-refractivity contribution >= 4 is 19.9 Å². The quantitative estimate of drug-likeness (QED) is 0.480. The third-order valence-electron chi connectivity index (χ3n) is 5.18. The van der Waals surface area contributed by atoms with Crippen molar-refractivity contribution in [3.05, 3.63) is 48.5 Å². The van der Waals surface area contributed by atoms with Crippen LogP contribution in [0.3, 0.4) is 0 Å². The van der Waals surface area contributed by atoms with E-state index in [1.807, 2.05) is 5.48 Å². The predicted octanol–water partition coefficient (Wildman–Crippen LogP) is 2.92. The highest BCUT2D eigenvalue weighted by Crippen LogP contribution is 2.29. The molecule has 0 spiro atoms. The lowest BCUT2D eigenvalue weighted by molar-refractivity contribution is -0.274.